The minimum atomic E-state index is -0.378. The summed E-state index contributed by atoms with van der Waals surface area (Å²) in [7, 11) is 1.44. The van der Waals surface area contributed by atoms with Crippen molar-refractivity contribution in [1.82, 2.24) is 5.43 Å². The number of benzene rings is 1. The molecular weight excluding hydrogens is 251 g/mol. The number of halogens is 1. The van der Waals surface area contributed by atoms with Crippen LogP contribution in [0.5, 0.6) is 5.75 Å². The van der Waals surface area contributed by atoms with Gasteiger partial charge in [-0.15, -0.1) is 0 Å². The average molecular weight is 270 g/mol. The van der Waals surface area contributed by atoms with E-state index in [9.17, 15) is 4.39 Å². The van der Waals surface area contributed by atoms with Gasteiger partial charge in [0, 0.05) is 0 Å². The lowest BCUT2D eigenvalue weighted by Crippen LogP contribution is -2.50. The number of rotatable bonds is 5. The second-order valence-corrected chi connectivity index (χ2v) is 4.43. The summed E-state index contributed by atoms with van der Waals surface area (Å²) in [6.07, 6.45) is 0.440. The Morgan fingerprint density at radius 2 is 2.37 bits per heavy atom. The van der Waals surface area contributed by atoms with Crippen LogP contribution in [0.1, 0.15) is 5.56 Å². The summed E-state index contributed by atoms with van der Waals surface area (Å²) in [5.74, 6) is 5.40. The number of hydrazine groups is 1. The molecule has 5 nitrogen and oxygen atoms in total. The molecule has 1 heterocycles. The Hall–Kier alpha value is -1.21. The van der Waals surface area contributed by atoms with Crippen molar-refractivity contribution >= 4 is 0 Å². The van der Waals surface area contributed by atoms with Crippen LogP contribution in [-0.4, -0.2) is 39.1 Å². The molecule has 1 aromatic rings. The molecule has 3 N–H and O–H groups in total. The van der Waals surface area contributed by atoms with E-state index in [-0.39, 0.29) is 23.7 Å². The third-order valence-corrected chi connectivity index (χ3v) is 3.18. The van der Waals surface area contributed by atoms with Gasteiger partial charge in [0.25, 0.3) is 0 Å². The molecule has 1 fully saturated rings. The van der Waals surface area contributed by atoms with E-state index in [2.05, 4.69) is 5.43 Å². The van der Waals surface area contributed by atoms with Gasteiger partial charge in [-0.3, -0.25) is 11.3 Å². The van der Waals surface area contributed by atoms with E-state index in [0.717, 1.165) is 5.56 Å². The Bertz CT molecular complexity index is 411. The van der Waals surface area contributed by atoms with E-state index in [1.54, 1.807) is 6.07 Å². The van der Waals surface area contributed by atoms with Crippen molar-refractivity contribution in [2.24, 2.45) is 5.84 Å². The Kier molecular flexibility index (Phi) is 5.09. The zero-order chi connectivity index (χ0) is 13.7. The standard InChI is InChI=1S/C13H19FN2O3/c1-17-12-3-2-9(6-10(12)14)7-11(16-15)13-8-18-4-5-19-13/h2-3,6,11,13,16H,4-5,7-8,15H2,1H3. The predicted octanol–water partition coefficient (Wildman–Crippen LogP) is 0.624. The van der Waals surface area contributed by atoms with Crippen LogP contribution in [0, 0.1) is 5.82 Å². The fourth-order valence-corrected chi connectivity index (χ4v) is 2.13. The molecule has 0 radical (unpaired) electrons. The van der Waals surface area contributed by atoms with Crippen LogP contribution < -0.4 is 16.0 Å². The maximum atomic E-state index is 13.6. The number of ether oxygens (including phenoxy) is 3. The maximum Gasteiger partial charge on any atom is 0.165 e. The van der Waals surface area contributed by atoms with Gasteiger partial charge >= 0.3 is 0 Å². The minimum absolute atomic E-state index is 0.118. The van der Waals surface area contributed by atoms with E-state index >= 15 is 0 Å². The van der Waals surface area contributed by atoms with E-state index in [4.69, 9.17) is 20.1 Å². The molecule has 0 saturated carbocycles. The molecular formula is C13H19FN2O3. The zero-order valence-electron chi connectivity index (χ0n) is 10.9. The minimum Gasteiger partial charge on any atom is -0.494 e. The van der Waals surface area contributed by atoms with Gasteiger partial charge in [-0.1, -0.05) is 6.07 Å². The van der Waals surface area contributed by atoms with Crippen LogP contribution in [0.2, 0.25) is 0 Å². The van der Waals surface area contributed by atoms with Crippen molar-refractivity contribution in [2.75, 3.05) is 26.9 Å². The zero-order valence-corrected chi connectivity index (χ0v) is 10.9. The van der Waals surface area contributed by atoms with Crippen molar-refractivity contribution in [1.29, 1.82) is 0 Å². The van der Waals surface area contributed by atoms with Crippen LogP contribution in [0.4, 0.5) is 4.39 Å². The van der Waals surface area contributed by atoms with Crippen molar-refractivity contribution in [2.45, 2.75) is 18.6 Å². The molecule has 0 aromatic heterocycles. The second kappa shape index (κ2) is 6.81. The number of hydrogen-bond acceptors (Lipinski definition) is 5. The quantitative estimate of drug-likeness (QED) is 0.606. The van der Waals surface area contributed by atoms with E-state index in [1.165, 1.54) is 13.2 Å². The molecule has 0 spiro atoms. The first-order valence-electron chi connectivity index (χ1n) is 6.22. The van der Waals surface area contributed by atoms with Crippen LogP contribution in [0.25, 0.3) is 0 Å². The summed E-state index contributed by atoms with van der Waals surface area (Å²) in [4.78, 5) is 0. The maximum absolute atomic E-state index is 13.6. The summed E-state index contributed by atoms with van der Waals surface area (Å²) in [5, 5.41) is 0. The second-order valence-electron chi connectivity index (χ2n) is 4.43. The van der Waals surface area contributed by atoms with Crippen LogP contribution in [0.3, 0.4) is 0 Å². The fourth-order valence-electron chi connectivity index (χ4n) is 2.13. The lowest BCUT2D eigenvalue weighted by Gasteiger charge is -2.30. The number of methoxy groups -OCH3 is 1. The molecule has 0 bridgehead atoms. The lowest BCUT2D eigenvalue weighted by atomic mass is 10.0. The normalized spacial score (nSPS) is 21.1. The molecule has 0 amide bonds. The number of nitrogens with two attached hydrogens (primary N) is 1. The van der Waals surface area contributed by atoms with Gasteiger partial charge in [-0.05, 0) is 24.1 Å². The van der Waals surface area contributed by atoms with Gasteiger partial charge in [0.15, 0.2) is 11.6 Å². The van der Waals surface area contributed by atoms with Crippen LogP contribution in [0.15, 0.2) is 18.2 Å². The fraction of sp³-hybridized carbons (Fsp3) is 0.538. The molecule has 106 valence electrons. The van der Waals surface area contributed by atoms with E-state index in [0.29, 0.717) is 26.2 Å². The molecule has 1 aliphatic rings. The first kappa shape index (κ1) is 14.2. The Balaban J connectivity index is 2.03. The summed E-state index contributed by atoms with van der Waals surface area (Å²) in [5.41, 5.74) is 3.54. The molecule has 6 heteroatoms. The smallest absolute Gasteiger partial charge is 0.165 e. The molecule has 0 aliphatic carbocycles. The Morgan fingerprint density at radius 1 is 1.53 bits per heavy atom. The molecule has 1 aliphatic heterocycles. The topological polar surface area (TPSA) is 65.7 Å². The Morgan fingerprint density at radius 3 is 2.95 bits per heavy atom. The molecule has 2 atom stereocenters. The number of hydrogen-bond donors (Lipinski definition) is 2. The van der Waals surface area contributed by atoms with Gasteiger partial charge < -0.3 is 14.2 Å². The van der Waals surface area contributed by atoms with Gasteiger partial charge in [-0.2, -0.15) is 0 Å². The SMILES string of the molecule is COc1ccc(CC(NN)C2COCCO2)cc1F. The van der Waals surface area contributed by atoms with E-state index < -0.39 is 0 Å². The molecule has 1 saturated heterocycles. The van der Waals surface area contributed by atoms with Gasteiger partial charge in [0.2, 0.25) is 0 Å². The Labute approximate surface area is 111 Å². The number of nitrogens with one attached hydrogen (secondary N) is 1. The first-order chi connectivity index (χ1) is 9.24. The summed E-state index contributed by atoms with van der Waals surface area (Å²) in [6, 6.07) is 4.76. The summed E-state index contributed by atoms with van der Waals surface area (Å²) in [6.45, 7) is 1.65. The monoisotopic (exact) mass is 270 g/mol. The third-order valence-electron chi connectivity index (χ3n) is 3.18. The van der Waals surface area contributed by atoms with Crippen molar-refractivity contribution in [3.05, 3.63) is 29.6 Å². The van der Waals surface area contributed by atoms with Crippen LogP contribution >= 0.6 is 0 Å². The molecule has 2 rings (SSSR count). The highest BCUT2D eigenvalue weighted by molar-refractivity contribution is 5.29. The highest BCUT2D eigenvalue weighted by atomic mass is 19.1. The van der Waals surface area contributed by atoms with Crippen molar-refractivity contribution in [3.63, 3.8) is 0 Å². The molecule has 2 unspecified atom stereocenters. The van der Waals surface area contributed by atoms with Crippen molar-refractivity contribution in [3.8, 4) is 5.75 Å². The van der Waals surface area contributed by atoms with Gasteiger partial charge in [-0.25, -0.2) is 4.39 Å². The highest BCUT2D eigenvalue weighted by Crippen LogP contribution is 2.19. The highest BCUT2D eigenvalue weighted by Gasteiger charge is 2.24. The third kappa shape index (κ3) is 3.63. The molecule has 1 aromatic carbocycles. The van der Waals surface area contributed by atoms with E-state index in [1.807, 2.05) is 6.07 Å². The van der Waals surface area contributed by atoms with Crippen molar-refractivity contribution < 1.29 is 18.6 Å². The van der Waals surface area contributed by atoms with Gasteiger partial charge in [0.05, 0.1) is 39.1 Å². The average Bonchev–Trinajstić information content (AvgIpc) is 2.46. The first-order valence-corrected chi connectivity index (χ1v) is 6.22. The van der Waals surface area contributed by atoms with Crippen LogP contribution in [-0.2, 0) is 15.9 Å². The lowest BCUT2D eigenvalue weighted by molar-refractivity contribution is -0.101. The largest absolute Gasteiger partial charge is 0.494 e. The predicted molar refractivity (Wildman–Crippen MR) is 68.3 cm³/mol. The summed E-state index contributed by atoms with van der Waals surface area (Å²) < 4.78 is 29.4. The molecule has 19 heavy (non-hydrogen) atoms. The summed E-state index contributed by atoms with van der Waals surface area (Å²) >= 11 is 0. The van der Waals surface area contributed by atoms with Gasteiger partial charge in [0.1, 0.15) is 0 Å².